The molecule has 0 atom stereocenters. The summed E-state index contributed by atoms with van der Waals surface area (Å²) in [4.78, 5) is 14.4. The van der Waals surface area contributed by atoms with Crippen LogP contribution in [-0.4, -0.2) is 35.7 Å². The highest BCUT2D eigenvalue weighted by molar-refractivity contribution is 6.30. The number of hydrogen-bond donors (Lipinski definition) is 2. The first kappa shape index (κ1) is 18.4. The lowest BCUT2D eigenvalue weighted by Crippen LogP contribution is -2.45. The van der Waals surface area contributed by atoms with Gasteiger partial charge in [-0.3, -0.25) is 0 Å². The molecule has 3 rings (SSSR count). The molecule has 26 heavy (non-hydrogen) atoms. The number of phenolic OH excluding ortho intramolecular Hbond substituents is 1. The number of urea groups is 1. The third kappa shape index (κ3) is 4.22. The van der Waals surface area contributed by atoms with Gasteiger partial charge in [0, 0.05) is 28.6 Å². The van der Waals surface area contributed by atoms with Crippen LogP contribution in [0.3, 0.4) is 0 Å². The third-order valence-electron chi connectivity index (χ3n) is 4.61. The van der Waals surface area contributed by atoms with Gasteiger partial charge in [-0.1, -0.05) is 37.6 Å². The number of nitrogens with zero attached hydrogens (tertiary/aromatic N) is 1. The second-order valence-electron chi connectivity index (χ2n) is 7.11. The predicted molar refractivity (Wildman–Crippen MR) is 102 cm³/mol. The molecule has 0 bridgehead atoms. The number of rotatable bonds is 3. The number of fused-ring (bicyclic) bond motifs is 1. The number of nitrogens with one attached hydrogen (secondary N) is 1. The lowest BCUT2D eigenvalue weighted by atomic mass is 9.84. The zero-order valence-corrected chi connectivity index (χ0v) is 15.7. The number of hydrogen-bond acceptors (Lipinski definition) is 3. The largest absolute Gasteiger partial charge is 0.508 e. The molecule has 5 nitrogen and oxygen atoms in total. The standard InChI is InChI=1S/C20H23ClN2O3/c1-20(2,15-4-3-5-16(21)10-15)13-22-19(25)23-8-9-26-18-11-17(24)7-6-14(18)12-23/h3-7,10-11,24H,8-9,12-13H2,1-2H3,(H,22,25). The van der Waals surface area contributed by atoms with Crippen LogP contribution < -0.4 is 10.1 Å². The summed E-state index contributed by atoms with van der Waals surface area (Å²) in [6.45, 7) is 5.95. The third-order valence-corrected chi connectivity index (χ3v) is 4.84. The average molecular weight is 375 g/mol. The highest BCUT2D eigenvalue weighted by Crippen LogP contribution is 2.28. The van der Waals surface area contributed by atoms with Crippen molar-refractivity contribution >= 4 is 17.6 Å². The molecule has 1 heterocycles. The molecule has 2 amide bonds. The lowest BCUT2D eigenvalue weighted by molar-refractivity contribution is 0.185. The van der Waals surface area contributed by atoms with Crippen LogP contribution in [0.25, 0.3) is 0 Å². The number of ether oxygens (including phenoxy) is 1. The number of benzene rings is 2. The van der Waals surface area contributed by atoms with Crippen molar-refractivity contribution in [1.82, 2.24) is 10.2 Å². The Hall–Kier alpha value is -2.40. The van der Waals surface area contributed by atoms with Crippen molar-refractivity contribution in [3.05, 3.63) is 58.6 Å². The topological polar surface area (TPSA) is 61.8 Å². The number of carbonyl (C=O) groups is 1. The molecular weight excluding hydrogens is 352 g/mol. The van der Waals surface area contributed by atoms with Gasteiger partial charge in [-0.15, -0.1) is 0 Å². The quantitative estimate of drug-likeness (QED) is 0.855. The molecule has 2 aromatic rings. The van der Waals surface area contributed by atoms with Gasteiger partial charge in [-0.25, -0.2) is 4.79 Å². The number of amides is 2. The van der Waals surface area contributed by atoms with Crippen molar-refractivity contribution in [2.75, 3.05) is 19.7 Å². The van der Waals surface area contributed by atoms with Crippen molar-refractivity contribution in [2.45, 2.75) is 25.8 Å². The van der Waals surface area contributed by atoms with E-state index < -0.39 is 0 Å². The van der Waals surface area contributed by atoms with Crippen molar-refractivity contribution < 1.29 is 14.6 Å². The fraction of sp³-hybridized carbons (Fsp3) is 0.350. The maximum atomic E-state index is 12.7. The lowest BCUT2D eigenvalue weighted by Gasteiger charge is -2.28. The van der Waals surface area contributed by atoms with E-state index in [0.717, 1.165) is 11.1 Å². The summed E-state index contributed by atoms with van der Waals surface area (Å²) in [5.74, 6) is 0.782. The zero-order valence-electron chi connectivity index (χ0n) is 15.0. The van der Waals surface area contributed by atoms with Crippen molar-refractivity contribution in [3.63, 3.8) is 0 Å². The van der Waals surface area contributed by atoms with Gasteiger partial charge in [0.2, 0.25) is 0 Å². The maximum absolute atomic E-state index is 12.7. The highest BCUT2D eigenvalue weighted by atomic mass is 35.5. The average Bonchev–Trinajstić information content (AvgIpc) is 2.81. The summed E-state index contributed by atoms with van der Waals surface area (Å²) in [6.07, 6.45) is 0. The van der Waals surface area contributed by atoms with Crippen LogP contribution in [0.5, 0.6) is 11.5 Å². The maximum Gasteiger partial charge on any atom is 0.317 e. The fourth-order valence-electron chi connectivity index (χ4n) is 2.95. The zero-order chi connectivity index (χ0) is 18.7. The molecule has 1 aliphatic rings. The second-order valence-corrected chi connectivity index (χ2v) is 7.55. The van der Waals surface area contributed by atoms with Crippen LogP contribution in [0.2, 0.25) is 5.02 Å². The molecule has 0 aliphatic carbocycles. The summed E-state index contributed by atoms with van der Waals surface area (Å²) >= 11 is 6.09. The van der Waals surface area contributed by atoms with Gasteiger partial charge in [-0.05, 0) is 29.8 Å². The summed E-state index contributed by atoms with van der Waals surface area (Å²) in [5, 5.41) is 13.3. The molecule has 0 saturated heterocycles. The Kier molecular flexibility index (Phi) is 5.28. The Morgan fingerprint density at radius 2 is 2.12 bits per heavy atom. The van der Waals surface area contributed by atoms with E-state index in [9.17, 15) is 9.90 Å². The SMILES string of the molecule is CC(C)(CNC(=O)N1CCOc2cc(O)ccc2C1)c1cccc(Cl)c1. The van der Waals surface area contributed by atoms with Crippen LogP contribution in [0.1, 0.15) is 25.0 Å². The second kappa shape index (κ2) is 7.46. The molecule has 0 unspecified atom stereocenters. The van der Waals surface area contributed by atoms with Crippen LogP contribution >= 0.6 is 11.6 Å². The number of aromatic hydroxyl groups is 1. The van der Waals surface area contributed by atoms with E-state index in [1.807, 2.05) is 24.3 Å². The van der Waals surface area contributed by atoms with Crippen LogP contribution in [0.15, 0.2) is 42.5 Å². The molecule has 0 saturated carbocycles. The molecule has 1 aliphatic heterocycles. The molecule has 138 valence electrons. The minimum atomic E-state index is -0.243. The number of halogens is 1. The van der Waals surface area contributed by atoms with Gasteiger partial charge in [0.25, 0.3) is 0 Å². The van der Waals surface area contributed by atoms with Gasteiger partial charge in [0.1, 0.15) is 18.1 Å². The molecule has 0 aromatic heterocycles. The van der Waals surface area contributed by atoms with E-state index in [-0.39, 0.29) is 17.2 Å². The Morgan fingerprint density at radius 3 is 2.88 bits per heavy atom. The van der Waals surface area contributed by atoms with Crippen molar-refractivity contribution in [2.24, 2.45) is 0 Å². The highest BCUT2D eigenvalue weighted by Gasteiger charge is 2.25. The molecule has 0 spiro atoms. The minimum Gasteiger partial charge on any atom is -0.508 e. The van der Waals surface area contributed by atoms with E-state index in [0.29, 0.717) is 37.0 Å². The number of phenols is 1. The van der Waals surface area contributed by atoms with E-state index in [1.54, 1.807) is 23.1 Å². The number of carbonyl (C=O) groups excluding carboxylic acids is 1. The van der Waals surface area contributed by atoms with Gasteiger partial charge >= 0.3 is 6.03 Å². The Balaban J connectivity index is 1.65. The summed E-state index contributed by atoms with van der Waals surface area (Å²) in [7, 11) is 0. The minimum absolute atomic E-state index is 0.135. The van der Waals surface area contributed by atoms with E-state index >= 15 is 0 Å². The Morgan fingerprint density at radius 1 is 1.31 bits per heavy atom. The summed E-state index contributed by atoms with van der Waals surface area (Å²) in [6, 6.07) is 12.5. The van der Waals surface area contributed by atoms with Gasteiger partial charge < -0.3 is 20.1 Å². The predicted octanol–water partition coefficient (Wildman–Crippen LogP) is 3.93. The summed E-state index contributed by atoms with van der Waals surface area (Å²) in [5.41, 5.74) is 1.71. The normalized spacial score (nSPS) is 14.2. The van der Waals surface area contributed by atoms with Crippen LogP contribution in [-0.2, 0) is 12.0 Å². The van der Waals surface area contributed by atoms with E-state index in [1.165, 1.54) is 0 Å². The molecule has 2 N–H and O–H groups in total. The van der Waals surface area contributed by atoms with E-state index in [4.69, 9.17) is 16.3 Å². The summed E-state index contributed by atoms with van der Waals surface area (Å²) < 4.78 is 5.64. The van der Waals surface area contributed by atoms with Gasteiger partial charge in [-0.2, -0.15) is 0 Å². The Labute approximate surface area is 158 Å². The first-order valence-corrected chi connectivity index (χ1v) is 8.96. The van der Waals surface area contributed by atoms with E-state index in [2.05, 4.69) is 19.2 Å². The van der Waals surface area contributed by atoms with Gasteiger partial charge in [0.05, 0.1) is 13.1 Å². The Bertz CT molecular complexity index is 807. The van der Waals surface area contributed by atoms with Crippen LogP contribution in [0.4, 0.5) is 4.79 Å². The smallest absolute Gasteiger partial charge is 0.317 e. The van der Waals surface area contributed by atoms with Crippen molar-refractivity contribution in [3.8, 4) is 11.5 Å². The molecular formula is C20H23ClN2O3. The molecule has 6 heteroatoms. The first-order valence-electron chi connectivity index (χ1n) is 8.59. The molecule has 0 fully saturated rings. The molecule has 2 aromatic carbocycles. The van der Waals surface area contributed by atoms with Crippen molar-refractivity contribution in [1.29, 1.82) is 0 Å². The first-order chi connectivity index (χ1) is 12.3. The monoisotopic (exact) mass is 374 g/mol. The molecule has 0 radical (unpaired) electrons. The van der Waals surface area contributed by atoms with Gasteiger partial charge in [0.15, 0.2) is 0 Å². The fourth-order valence-corrected chi connectivity index (χ4v) is 3.14. The van der Waals surface area contributed by atoms with Crippen LogP contribution in [0, 0.1) is 0 Å².